The molecule has 0 saturated carbocycles. The Bertz CT molecular complexity index is 568. The molecule has 2 rings (SSSR count). The number of nitrogens with one attached hydrogen (secondary N) is 1. The van der Waals surface area contributed by atoms with Gasteiger partial charge in [0.1, 0.15) is 5.75 Å². The topological polar surface area (TPSA) is 67.9 Å². The summed E-state index contributed by atoms with van der Waals surface area (Å²) in [5, 5.41) is 2.74. The molecule has 1 heterocycles. The Labute approximate surface area is 149 Å². The Morgan fingerprint density at radius 3 is 2.48 bits per heavy atom. The lowest BCUT2D eigenvalue weighted by Gasteiger charge is -2.36. The summed E-state index contributed by atoms with van der Waals surface area (Å²) in [6.45, 7) is 9.69. The van der Waals surface area contributed by atoms with Crippen molar-refractivity contribution in [3.63, 3.8) is 0 Å². The number of amides is 1. The van der Waals surface area contributed by atoms with E-state index in [1.807, 2.05) is 19.9 Å². The van der Waals surface area contributed by atoms with Gasteiger partial charge in [0.2, 0.25) is 0 Å². The van der Waals surface area contributed by atoms with Crippen LogP contribution < -0.4 is 10.1 Å². The van der Waals surface area contributed by atoms with E-state index < -0.39 is 12.1 Å². The molecule has 1 N–H and O–H groups in total. The summed E-state index contributed by atoms with van der Waals surface area (Å²) in [7, 11) is 0. The molecule has 0 radical (unpaired) electrons. The monoisotopic (exact) mass is 348 g/mol. The van der Waals surface area contributed by atoms with Crippen LogP contribution in [0.15, 0.2) is 30.3 Å². The number of hydrogen-bond donors (Lipinski definition) is 1. The minimum absolute atomic E-state index is 0.0722. The van der Waals surface area contributed by atoms with Crippen molar-refractivity contribution in [3.8, 4) is 5.75 Å². The fraction of sp³-hybridized carbons (Fsp3) is 0.579. The van der Waals surface area contributed by atoms with Gasteiger partial charge in [-0.25, -0.2) is 4.79 Å². The molecule has 1 aromatic rings. The summed E-state index contributed by atoms with van der Waals surface area (Å²) in [5.74, 6) is 0.380. The van der Waals surface area contributed by atoms with Crippen LogP contribution >= 0.6 is 0 Å². The van der Waals surface area contributed by atoms with Gasteiger partial charge in [-0.1, -0.05) is 32.0 Å². The van der Waals surface area contributed by atoms with Crippen molar-refractivity contribution in [1.29, 1.82) is 0 Å². The molecule has 1 unspecified atom stereocenters. The number of ether oxygens (including phenoxy) is 2. The van der Waals surface area contributed by atoms with Crippen molar-refractivity contribution in [2.24, 2.45) is 5.41 Å². The number of nitrogens with zero attached hydrogens (tertiary/aromatic N) is 1. The smallest absolute Gasteiger partial charge is 0.410 e. The van der Waals surface area contributed by atoms with E-state index in [4.69, 9.17) is 9.47 Å². The lowest BCUT2D eigenvalue weighted by atomic mass is 9.79. The minimum atomic E-state index is -0.606. The molecule has 1 atom stereocenters. The van der Waals surface area contributed by atoms with Crippen LogP contribution in [0.4, 0.5) is 4.79 Å². The summed E-state index contributed by atoms with van der Waals surface area (Å²) < 4.78 is 10.6. The molecule has 0 bridgehead atoms. The zero-order chi connectivity index (χ0) is 18.3. The highest BCUT2D eigenvalue weighted by Gasteiger charge is 2.35. The fourth-order valence-corrected chi connectivity index (χ4v) is 3.01. The van der Waals surface area contributed by atoms with Gasteiger partial charge in [0.15, 0.2) is 5.78 Å². The van der Waals surface area contributed by atoms with Gasteiger partial charge in [-0.05, 0) is 37.4 Å². The Morgan fingerprint density at radius 1 is 1.24 bits per heavy atom. The predicted octanol–water partition coefficient (Wildman–Crippen LogP) is 2.48. The van der Waals surface area contributed by atoms with Crippen LogP contribution in [0.3, 0.4) is 0 Å². The molecule has 0 aliphatic carbocycles. The Morgan fingerprint density at radius 2 is 1.88 bits per heavy atom. The lowest BCUT2D eigenvalue weighted by Crippen LogP contribution is -2.51. The number of rotatable bonds is 7. The van der Waals surface area contributed by atoms with Crippen LogP contribution in [0.2, 0.25) is 0 Å². The maximum Gasteiger partial charge on any atom is 0.413 e. The number of Topliss-reactive ketones (excluding diaryl/α,β-unsaturated/α-hetero) is 1. The number of para-hydroxylation sites is 1. The molecule has 1 amide bonds. The molecule has 0 spiro atoms. The van der Waals surface area contributed by atoms with Crippen LogP contribution in [0.25, 0.3) is 0 Å². The van der Waals surface area contributed by atoms with Gasteiger partial charge >= 0.3 is 6.09 Å². The molecule has 1 aliphatic rings. The first-order chi connectivity index (χ1) is 11.9. The first kappa shape index (κ1) is 19.4. The van der Waals surface area contributed by atoms with Crippen molar-refractivity contribution in [1.82, 2.24) is 10.2 Å². The maximum absolute atomic E-state index is 12.2. The van der Waals surface area contributed by atoms with E-state index in [0.717, 1.165) is 39.3 Å². The summed E-state index contributed by atoms with van der Waals surface area (Å²) in [5.41, 5.74) is -0.375. The van der Waals surface area contributed by atoms with E-state index >= 15 is 0 Å². The number of carbonyl (C=O) groups is 2. The van der Waals surface area contributed by atoms with E-state index in [-0.39, 0.29) is 11.2 Å². The predicted molar refractivity (Wildman–Crippen MR) is 95.7 cm³/mol. The van der Waals surface area contributed by atoms with Crippen LogP contribution in [0, 0.1) is 5.41 Å². The number of carbonyl (C=O) groups excluding carboxylic acids is 2. The van der Waals surface area contributed by atoms with Crippen molar-refractivity contribution in [2.75, 3.05) is 32.8 Å². The highest BCUT2D eigenvalue weighted by atomic mass is 16.6. The largest absolute Gasteiger partial charge is 0.413 e. The average Bonchev–Trinajstić information content (AvgIpc) is 2.59. The fourth-order valence-electron chi connectivity index (χ4n) is 3.01. The third-order valence-corrected chi connectivity index (χ3v) is 4.58. The number of benzene rings is 1. The van der Waals surface area contributed by atoms with Gasteiger partial charge in [0.05, 0.1) is 19.3 Å². The van der Waals surface area contributed by atoms with E-state index in [2.05, 4.69) is 10.2 Å². The Balaban J connectivity index is 1.92. The quantitative estimate of drug-likeness (QED) is 0.820. The zero-order valence-electron chi connectivity index (χ0n) is 15.3. The van der Waals surface area contributed by atoms with Crippen molar-refractivity contribution < 1.29 is 19.1 Å². The molecule has 6 heteroatoms. The highest BCUT2D eigenvalue weighted by Crippen LogP contribution is 2.27. The summed E-state index contributed by atoms with van der Waals surface area (Å²) in [6, 6.07) is 8.23. The van der Waals surface area contributed by atoms with Crippen molar-refractivity contribution in [2.45, 2.75) is 33.2 Å². The van der Waals surface area contributed by atoms with Gasteiger partial charge in [-0.15, -0.1) is 0 Å². The summed E-state index contributed by atoms with van der Waals surface area (Å²) >= 11 is 0. The molecule has 138 valence electrons. The molecular weight excluding hydrogens is 320 g/mol. The second kappa shape index (κ2) is 8.97. The van der Waals surface area contributed by atoms with Crippen molar-refractivity contribution in [3.05, 3.63) is 30.3 Å². The molecule has 25 heavy (non-hydrogen) atoms. The lowest BCUT2D eigenvalue weighted by molar-refractivity contribution is -0.121. The number of morpholine rings is 1. The van der Waals surface area contributed by atoms with Gasteiger partial charge < -0.3 is 14.8 Å². The second-order valence-corrected chi connectivity index (χ2v) is 7.08. The molecular formula is C19H28N2O4. The second-order valence-electron chi connectivity index (χ2n) is 7.08. The van der Waals surface area contributed by atoms with Crippen molar-refractivity contribution >= 4 is 11.9 Å². The maximum atomic E-state index is 12.2. The molecule has 1 aromatic carbocycles. The highest BCUT2D eigenvalue weighted by molar-refractivity contribution is 5.86. The number of ketones is 1. The SMILES string of the molecule is CC(=O)C(NC(=O)Oc1ccccc1)C(C)(C)CCN1CCOCC1. The van der Waals surface area contributed by atoms with E-state index in [1.54, 1.807) is 24.3 Å². The van der Waals surface area contributed by atoms with Crippen LogP contribution in [-0.4, -0.2) is 55.7 Å². The van der Waals surface area contributed by atoms with E-state index in [1.165, 1.54) is 6.92 Å². The standard InChI is InChI=1S/C19H28N2O4/c1-15(22)17(20-18(23)25-16-7-5-4-6-8-16)19(2,3)9-10-21-11-13-24-14-12-21/h4-8,17H,9-14H2,1-3H3,(H,20,23). The first-order valence-electron chi connectivity index (χ1n) is 8.72. The normalized spacial score (nSPS) is 16.9. The van der Waals surface area contributed by atoms with Gasteiger partial charge in [-0.2, -0.15) is 0 Å². The summed E-state index contributed by atoms with van der Waals surface area (Å²) in [4.78, 5) is 26.6. The average molecular weight is 348 g/mol. The van der Waals surface area contributed by atoms with Gasteiger partial charge in [0.25, 0.3) is 0 Å². The van der Waals surface area contributed by atoms with Gasteiger partial charge in [0, 0.05) is 13.1 Å². The van der Waals surface area contributed by atoms with E-state index in [0.29, 0.717) is 5.75 Å². The summed E-state index contributed by atoms with van der Waals surface area (Å²) in [6.07, 6.45) is 0.189. The number of hydrogen-bond acceptors (Lipinski definition) is 5. The third-order valence-electron chi connectivity index (χ3n) is 4.58. The van der Waals surface area contributed by atoms with Gasteiger partial charge in [-0.3, -0.25) is 9.69 Å². The molecule has 1 aliphatic heterocycles. The first-order valence-corrected chi connectivity index (χ1v) is 8.72. The zero-order valence-corrected chi connectivity index (χ0v) is 15.3. The Hall–Kier alpha value is -1.92. The van der Waals surface area contributed by atoms with E-state index in [9.17, 15) is 9.59 Å². The van der Waals surface area contributed by atoms with Crippen LogP contribution in [-0.2, 0) is 9.53 Å². The third kappa shape index (κ3) is 6.14. The molecule has 1 fully saturated rings. The van der Waals surface area contributed by atoms with Crippen LogP contribution in [0.1, 0.15) is 27.2 Å². The molecule has 0 aromatic heterocycles. The molecule has 6 nitrogen and oxygen atoms in total. The minimum Gasteiger partial charge on any atom is -0.410 e. The van der Waals surface area contributed by atoms with Crippen LogP contribution in [0.5, 0.6) is 5.75 Å². The molecule has 1 saturated heterocycles. The Kier molecular flexibility index (Phi) is 6.96.